The van der Waals surface area contributed by atoms with E-state index in [2.05, 4.69) is 0 Å². The summed E-state index contributed by atoms with van der Waals surface area (Å²) in [6.07, 6.45) is 0.180. The van der Waals surface area contributed by atoms with Gasteiger partial charge < -0.3 is 0 Å². The Labute approximate surface area is 94.0 Å². The van der Waals surface area contributed by atoms with Crippen LogP contribution in [0.1, 0.15) is 13.3 Å². The van der Waals surface area contributed by atoms with Crippen molar-refractivity contribution in [1.82, 2.24) is 0 Å². The van der Waals surface area contributed by atoms with Crippen molar-refractivity contribution < 1.29 is 13.2 Å². The summed E-state index contributed by atoms with van der Waals surface area (Å²) in [6, 6.07) is 7.84. The van der Waals surface area contributed by atoms with E-state index in [1.165, 1.54) is 12.1 Å². The van der Waals surface area contributed by atoms with Crippen molar-refractivity contribution in [3.63, 3.8) is 0 Å². The first-order valence-electron chi connectivity index (χ1n) is 4.48. The highest BCUT2D eigenvalue weighted by Gasteiger charge is 2.30. The molecule has 0 saturated heterocycles. The number of hydrogen-bond donors (Lipinski definition) is 0. The van der Waals surface area contributed by atoms with Gasteiger partial charge in [-0.1, -0.05) is 25.1 Å². The van der Waals surface area contributed by atoms with Gasteiger partial charge in [-0.05, 0) is 30.2 Å². The Morgan fingerprint density at radius 1 is 1.33 bits per heavy atom. The normalized spacial score (nSPS) is 13.5. The molecule has 1 unspecified atom stereocenters. The molecule has 0 heterocycles. The van der Waals surface area contributed by atoms with Crippen LogP contribution in [0.25, 0.3) is 0 Å². The van der Waals surface area contributed by atoms with Crippen LogP contribution in [-0.2, 0) is 14.6 Å². The molecule has 5 heteroatoms. The van der Waals surface area contributed by atoms with Crippen LogP contribution in [0.4, 0.5) is 0 Å². The molecule has 0 aromatic heterocycles. The Morgan fingerprint density at radius 3 is 2.27 bits per heavy atom. The van der Waals surface area contributed by atoms with E-state index < -0.39 is 20.3 Å². The van der Waals surface area contributed by atoms with E-state index in [0.29, 0.717) is 0 Å². The highest BCUT2D eigenvalue weighted by molar-refractivity contribution is 7.93. The Hall–Kier alpha value is -0.870. The monoisotopic (exact) mass is 246 g/mol. The molecule has 0 aliphatic rings. The Kier molecular flexibility index (Phi) is 3.88. The summed E-state index contributed by atoms with van der Waals surface area (Å²) >= 11 is 5.26. The highest BCUT2D eigenvalue weighted by atomic mass is 35.5. The second-order valence-corrected chi connectivity index (χ2v) is 5.56. The molecule has 0 bridgehead atoms. The summed E-state index contributed by atoms with van der Waals surface area (Å²) in [6.45, 7) is 1.62. The number of halogens is 1. The lowest BCUT2D eigenvalue weighted by atomic mass is 10.4. The molecule has 1 aromatic rings. The lowest BCUT2D eigenvalue weighted by Gasteiger charge is -2.11. The minimum Gasteiger partial charge on any atom is -0.280 e. The second kappa shape index (κ2) is 4.77. The fraction of sp³-hybridized carbons (Fsp3) is 0.300. The van der Waals surface area contributed by atoms with E-state index in [4.69, 9.17) is 11.6 Å². The van der Waals surface area contributed by atoms with Crippen molar-refractivity contribution >= 4 is 26.7 Å². The molecule has 0 N–H and O–H groups in total. The summed E-state index contributed by atoms with van der Waals surface area (Å²) in [7, 11) is -3.63. The van der Waals surface area contributed by atoms with Gasteiger partial charge in [0.15, 0.2) is 9.84 Å². The molecule has 0 radical (unpaired) electrons. The molecule has 0 spiro atoms. The van der Waals surface area contributed by atoms with Gasteiger partial charge >= 0.3 is 0 Å². The quantitative estimate of drug-likeness (QED) is 0.764. The Bertz CT molecular complexity index is 439. The first kappa shape index (κ1) is 12.2. The SMILES string of the molecule is CCC(C(=O)Cl)S(=O)(=O)c1ccccc1. The van der Waals surface area contributed by atoms with Crippen LogP contribution in [0.3, 0.4) is 0 Å². The van der Waals surface area contributed by atoms with Gasteiger partial charge in [-0.25, -0.2) is 8.42 Å². The third-order valence-corrected chi connectivity index (χ3v) is 4.69. The first-order valence-corrected chi connectivity index (χ1v) is 6.41. The van der Waals surface area contributed by atoms with Gasteiger partial charge in [0.1, 0.15) is 5.25 Å². The molecule has 0 fully saturated rings. The van der Waals surface area contributed by atoms with Gasteiger partial charge in [0.2, 0.25) is 5.24 Å². The summed E-state index contributed by atoms with van der Waals surface area (Å²) in [5, 5.41) is -1.98. The van der Waals surface area contributed by atoms with Gasteiger partial charge in [0.25, 0.3) is 0 Å². The molecule has 0 aliphatic carbocycles. The Morgan fingerprint density at radius 2 is 1.87 bits per heavy atom. The maximum Gasteiger partial charge on any atom is 0.240 e. The zero-order valence-electron chi connectivity index (χ0n) is 8.18. The molecule has 1 aromatic carbocycles. The lowest BCUT2D eigenvalue weighted by molar-refractivity contribution is -0.111. The predicted molar refractivity (Wildman–Crippen MR) is 58.6 cm³/mol. The number of carbonyl (C=O) groups is 1. The number of sulfone groups is 1. The van der Waals surface area contributed by atoms with Crippen molar-refractivity contribution in [1.29, 1.82) is 0 Å². The maximum absolute atomic E-state index is 11.9. The van der Waals surface area contributed by atoms with E-state index in [1.807, 2.05) is 0 Å². The fourth-order valence-corrected chi connectivity index (χ4v) is 3.33. The van der Waals surface area contributed by atoms with Gasteiger partial charge in [0.05, 0.1) is 4.90 Å². The summed E-state index contributed by atoms with van der Waals surface area (Å²) in [5.74, 6) is 0. The number of carbonyl (C=O) groups excluding carboxylic acids is 1. The zero-order chi connectivity index (χ0) is 11.5. The zero-order valence-corrected chi connectivity index (χ0v) is 9.75. The van der Waals surface area contributed by atoms with Crippen LogP contribution in [0.2, 0.25) is 0 Å². The highest BCUT2D eigenvalue weighted by Crippen LogP contribution is 2.19. The molecule has 0 aliphatic heterocycles. The topological polar surface area (TPSA) is 51.2 Å². The standard InChI is InChI=1S/C10H11ClO3S/c1-2-9(10(11)12)15(13,14)8-6-4-3-5-7-8/h3-7,9H,2H2,1H3. The molecule has 1 rings (SSSR count). The van der Waals surface area contributed by atoms with Crippen LogP contribution in [0.15, 0.2) is 35.2 Å². The molecule has 0 saturated carbocycles. The molecule has 82 valence electrons. The average Bonchev–Trinajstić information content (AvgIpc) is 2.19. The van der Waals surface area contributed by atoms with Crippen LogP contribution in [-0.4, -0.2) is 18.9 Å². The molecule has 0 amide bonds. The largest absolute Gasteiger partial charge is 0.280 e. The fourth-order valence-electron chi connectivity index (χ4n) is 1.28. The van der Waals surface area contributed by atoms with Crippen molar-refractivity contribution in [3.05, 3.63) is 30.3 Å². The first-order chi connectivity index (χ1) is 7.00. The molecular weight excluding hydrogens is 236 g/mol. The number of benzene rings is 1. The van der Waals surface area contributed by atoms with Crippen molar-refractivity contribution in [2.24, 2.45) is 0 Å². The molecule has 3 nitrogen and oxygen atoms in total. The lowest BCUT2D eigenvalue weighted by Crippen LogP contribution is -2.26. The van der Waals surface area contributed by atoms with Crippen molar-refractivity contribution in [3.8, 4) is 0 Å². The van der Waals surface area contributed by atoms with E-state index >= 15 is 0 Å². The summed E-state index contributed by atoms with van der Waals surface area (Å²) < 4.78 is 23.8. The van der Waals surface area contributed by atoms with Gasteiger partial charge in [-0.2, -0.15) is 0 Å². The summed E-state index contributed by atoms with van der Waals surface area (Å²) in [5.41, 5.74) is 0. The number of rotatable bonds is 4. The minimum absolute atomic E-state index is 0.130. The van der Waals surface area contributed by atoms with Crippen LogP contribution in [0, 0.1) is 0 Å². The van der Waals surface area contributed by atoms with E-state index in [9.17, 15) is 13.2 Å². The van der Waals surface area contributed by atoms with Gasteiger partial charge in [-0.3, -0.25) is 4.79 Å². The second-order valence-electron chi connectivity index (χ2n) is 3.06. The third-order valence-electron chi connectivity index (χ3n) is 2.07. The Balaban J connectivity index is 3.19. The predicted octanol–water partition coefficient (Wildman–Crippen LogP) is 2.00. The van der Waals surface area contributed by atoms with Gasteiger partial charge in [-0.15, -0.1) is 0 Å². The molecule has 1 atom stereocenters. The minimum atomic E-state index is -3.63. The van der Waals surface area contributed by atoms with Gasteiger partial charge in [0, 0.05) is 0 Å². The van der Waals surface area contributed by atoms with E-state index in [-0.39, 0.29) is 11.3 Å². The maximum atomic E-state index is 11.9. The van der Waals surface area contributed by atoms with Crippen molar-refractivity contribution in [2.75, 3.05) is 0 Å². The number of hydrogen-bond acceptors (Lipinski definition) is 3. The summed E-state index contributed by atoms with van der Waals surface area (Å²) in [4.78, 5) is 11.1. The molecule has 15 heavy (non-hydrogen) atoms. The van der Waals surface area contributed by atoms with E-state index in [1.54, 1.807) is 25.1 Å². The smallest absolute Gasteiger partial charge is 0.240 e. The van der Waals surface area contributed by atoms with Crippen molar-refractivity contribution in [2.45, 2.75) is 23.5 Å². The average molecular weight is 247 g/mol. The molecular formula is C10H11ClO3S. The van der Waals surface area contributed by atoms with E-state index in [0.717, 1.165) is 0 Å². The third kappa shape index (κ3) is 2.58. The van der Waals surface area contributed by atoms with Crippen LogP contribution >= 0.6 is 11.6 Å². The van der Waals surface area contributed by atoms with Crippen LogP contribution < -0.4 is 0 Å². The van der Waals surface area contributed by atoms with Crippen LogP contribution in [0.5, 0.6) is 0 Å².